The molecule has 2 aromatic heterocycles. The highest BCUT2D eigenvalue weighted by Crippen LogP contribution is 2.59. The standard InChI is InChI=1S/C40H50F2N4O4Si/c1-22(2)51(23(3)4,24(5)6)15-14-28-32(41)13-12-26-16-27(49-21-48-11)17-29(34(26)28)36-38(42)46-25(7)44-37(33(46)18-43-36)35-30-19-45(20-31(30)35)39(47)50-40(8,9)10/h12-13,16-18,22-24,30-31,35H,19-21H2,1-11H3. The summed E-state index contributed by atoms with van der Waals surface area (Å²) in [6, 6.07) is 6.56. The second-order valence-corrected chi connectivity index (χ2v) is 21.7. The summed E-state index contributed by atoms with van der Waals surface area (Å²) in [4.78, 5) is 24.0. The van der Waals surface area contributed by atoms with E-state index in [1.165, 1.54) is 17.6 Å². The molecule has 2 atom stereocenters. The molecule has 272 valence electrons. The van der Waals surface area contributed by atoms with E-state index in [0.717, 1.165) is 5.69 Å². The van der Waals surface area contributed by atoms with Crippen molar-refractivity contribution in [2.75, 3.05) is 27.0 Å². The lowest BCUT2D eigenvalue weighted by Gasteiger charge is -2.38. The van der Waals surface area contributed by atoms with Crippen LogP contribution in [0.5, 0.6) is 5.75 Å². The summed E-state index contributed by atoms with van der Waals surface area (Å²) in [6.07, 6.45) is 1.34. The summed E-state index contributed by atoms with van der Waals surface area (Å²) >= 11 is 0. The summed E-state index contributed by atoms with van der Waals surface area (Å²) in [5, 5.41) is 1.13. The van der Waals surface area contributed by atoms with Crippen LogP contribution in [0.2, 0.25) is 16.6 Å². The minimum atomic E-state index is -2.23. The molecule has 1 aliphatic carbocycles. The minimum Gasteiger partial charge on any atom is -0.468 e. The highest BCUT2D eigenvalue weighted by Gasteiger charge is 2.59. The van der Waals surface area contributed by atoms with Crippen LogP contribution in [0.15, 0.2) is 30.5 Å². The maximum Gasteiger partial charge on any atom is 0.410 e. The van der Waals surface area contributed by atoms with Gasteiger partial charge in [-0.25, -0.2) is 19.2 Å². The van der Waals surface area contributed by atoms with Crippen LogP contribution in [0.1, 0.15) is 85.3 Å². The molecule has 3 heterocycles. The number of aryl methyl sites for hydroxylation is 1. The van der Waals surface area contributed by atoms with Crippen molar-refractivity contribution in [1.29, 1.82) is 0 Å². The first-order valence-corrected chi connectivity index (χ1v) is 20.2. The van der Waals surface area contributed by atoms with Gasteiger partial charge < -0.3 is 19.1 Å². The number of carbonyl (C=O) groups is 1. The largest absolute Gasteiger partial charge is 0.468 e. The van der Waals surface area contributed by atoms with Gasteiger partial charge in [0.1, 0.15) is 36.8 Å². The monoisotopic (exact) mass is 716 g/mol. The topological polar surface area (TPSA) is 78.2 Å². The number of nitrogens with zero attached hydrogens (tertiary/aromatic N) is 4. The molecule has 2 aromatic carbocycles. The number of likely N-dealkylation sites (tertiary alicyclic amines) is 1. The van der Waals surface area contributed by atoms with E-state index >= 15 is 8.78 Å². The van der Waals surface area contributed by atoms with Crippen molar-refractivity contribution in [1.82, 2.24) is 19.3 Å². The molecule has 1 aliphatic heterocycles. The number of rotatable bonds is 8. The van der Waals surface area contributed by atoms with E-state index in [4.69, 9.17) is 24.2 Å². The second kappa shape index (κ2) is 13.5. The number of imidazole rings is 1. The van der Waals surface area contributed by atoms with Crippen molar-refractivity contribution in [3.8, 4) is 28.5 Å². The Labute approximate surface area is 300 Å². The Morgan fingerprint density at radius 1 is 1.04 bits per heavy atom. The number of carbonyl (C=O) groups excluding carboxylic acids is 1. The number of aromatic nitrogens is 3. The normalized spacial score (nSPS) is 18.9. The third kappa shape index (κ3) is 6.50. The molecule has 0 N–H and O–H groups in total. The van der Waals surface area contributed by atoms with Gasteiger partial charge in [-0.1, -0.05) is 53.5 Å². The van der Waals surface area contributed by atoms with Crippen molar-refractivity contribution in [3.05, 3.63) is 59.3 Å². The number of halogens is 2. The molecule has 1 saturated carbocycles. The Hall–Kier alpha value is -4.01. The number of amides is 1. The molecular weight excluding hydrogens is 667 g/mol. The van der Waals surface area contributed by atoms with Gasteiger partial charge in [-0.3, -0.25) is 4.40 Å². The van der Waals surface area contributed by atoms with E-state index in [-0.39, 0.29) is 41.9 Å². The fourth-order valence-corrected chi connectivity index (χ4v) is 13.8. The fourth-order valence-electron chi connectivity index (χ4n) is 8.60. The molecule has 2 unspecified atom stereocenters. The first-order valence-electron chi connectivity index (χ1n) is 17.9. The van der Waals surface area contributed by atoms with Gasteiger partial charge in [0.15, 0.2) is 6.79 Å². The molecule has 1 amide bonds. The SMILES string of the molecule is COCOc1cc(-c2ncc3c(C4C5CN(C(=O)OC(C)(C)C)CC54)nc(C)n3c2F)c2c(C#C[Si](C(C)C)(C(C)C)C(C)C)c(F)ccc2c1. The van der Waals surface area contributed by atoms with E-state index in [9.17, 15) is 4.79 Å². The quantitative estimate of drug-likeness (QED) is 0.103. The van der Waals surface area contributed by atoms with Crippen molar-refractivity contribution in [2.24, 2.45) is 11.8 Å². The molecule has 0 bridgehead atoms. The molecule has 11 heteroatoms. The molecule has 2 fully saturated rings. The fraction of sp³-hybridized carbons (Fsp3) is 0.525. The molecule has 0 radical (unpaired) electrons. The van der Waals surface area contributed by atoms with Gasteiger partial charge >= 0.3 is 6.09 Å². The van der Waals surface area contributed by atoms with Gasteiger partial charge in [-0.05, 0) is 79.7 Å². The molecule has 6 rings (SSSR count). The van der Waals surface area contributed by atoms with Crippen LogP contribution in [0.4, 0.5) is 13.6 Å². The van der Waals surface area contributed by atoms with Gasteiger partial charge in [-0.2, -0.15) is 4.39 Å². The van der Waals surface area contributed by atoms with Gasteiger partial charge in [0.2, 0.25) is 5.95 Å². The number of hydrogen-bond donors (Lipinski definition) is 0. The van der Waals surface area contributed by atoms with Gasteiger partial charge in [0.05, 0.1) is 23.0 Å². The average molecular weight is 717 g/mol. The van der Waals surface area contributed by atoms with Crippen LogP contribution in [0, 0.1) is 42.0 Å². The molecule has 4 aromatic rings. The van der Waals surface area contributed by atoms with E-state index in [1.807, 2.05) is 20.8 Å². The van der Waals surface area contributed by atoms with Crippen molar-refractivity contribution in [3.63, 3.8) is 0 Å². The van der Waals surface area contributed by atoms with Crippen molar-refractivity contribution < 1.29 is 27.8 Å². The number of methoxy groups -OCH3 is 1. The summed E-state index contributed by atoms with van der Waals surface area (Å²) in [7, 11) is -0.709. The Kier molecular flexibility index (Phi) is 9.74. The lowest BCUT2D eigenvalue weighted by molar-refractivity contribution is 0.0270. The van der Waals surface area contributed by atoms with Crippen molar-refractivity contribution >= 4 is 30.5 Å². The molecule has 0 spiro atoms. The van der Waals surface area contributed by atoms with Crippen LogP contribution in [0.3, 0.4) is 0 Å². The van der Waals surface area contributed by atoms with E-state index in [1.54, 1.807) is 36.2 Å². The highest BCUT2D eigenvalue weighted by molar-refractivity contribution is 6.90. The number of benzene rings is 2. The lowest BCUT2D eigenvalue weighted by atomic mass is 9.96. The van der Waals surface area contributed by atoms with Crippen molar-refractivity contribution in [2.45, 2.75) is 97.4 Å². The zero-order valence-electron chi connectivity index (χ0n) is 31.6. The smallest absolute Gasteiger partial charge is 0.410 e. The Morgan fingerprint density at radius 3 is 2.27 bits per heavy atom. The summed E-state index contributed by atoms with van der Waals surface area (Å²) in [5.41, 5.74) is 6.15. The Morgan fingerprint density at radius 2 is 1.69 bits per heavy atom. The van der Waals surface area contributed by atoms with Gasteiger partial charge in [0.25, 0.3) is 0 Å². The third-order valence-electron chi connectivity index (χ3n) is 10.9. The van der Waals surface area contributed by atoms with Gasteiger partial charge in [0, 0.05) is 37.1 Å². The van der Waals surface area contributed by atoms with Crippen LogP contribution in [-0.4, -0.2) is 66.0 Å². The molecule has 51 heavy (non-hydrogen) atoms. The third-order valence-corrected chi connectivity index (χ3v) is 17.2. The number of fused-ring (bicyclic) bond motifs is 3. The Balaban J connectivity index is 1.46. The molecule has 1 saturated heterocycles. The predicted octanol–water partition coefficient (Wildman–Crippen LogP) is 9.27. The minimum absolute atomic E-state index is 0.0158. The molecule has 8 nitrogen and oxygen atoms in total. The first kappa shape index (κ1) is 36.8. The zero-order chi connectivity index (χ0) is 37.2. The Bertz CT molecular complexity index is 2030. The maximum absolute atomic E-state index is 17.0. The molecular formula is C40H50F2N4O4Si. The summed E-state index contributed by atoms with van der Waals surface area (Å²) < 4.78 is 51.0. The lowest BCUT2D eigenvalue weighted by Crippen LogP contribution is -2.43. The zero-order valence-corrected chi connectivity index (χ0v) is 32.6. The first-order chi connectivity index (χ1) is 24.0. The van der Waals surface area contributed by atoms with Crippen LogP contribution >= 0.6 is 0 Å². The number of hydrogen-bond acceptors (Lipinski definition) is 6. The summed E-state index contributed by atoms with van der Waals surface area (Å²) in [6.45, 7) is 21.8. The van der Waals surface area contributed by atoms with Crippen LogP contribution < -0.4 is 4.74 Å². The summed E-state index contributed by atoms with van der Waals surface area (Å²) in [5.74, 6) is 3.70. The number of piperidine rings is 1. The highest BCUT2D eigenvalue weighted by atomic mass is 28.3. The predicted molar refractivity (Wildman–Crippen MR) is 199 cm³/mol. The van der Waals surface area contributed by atoms with E-state index < -0.39 is 25.4 Å². The van der Waals surface area contributed by atoms with E-state index in [2.05, 4.69) is 53.0 Å². The second-order valence-electron chi connectivity index (χ2n) is 16.1. The molecule has 2 aliphatic rings. The maximum atomic E-state index is 17.0. The van der Waals surface area contributed by atoms with Gasteiger partial charge in [-0.15, -0.1) is 5.54 Å². The van der Waals surface area contributed by atoms with E-state index in [0.29, 0.717) is 63.1 Å². The number of ether oxygens (including phenoxy) is 3. The average Bonchev–Trinajstić information content (AvgIpc) is 3.33. The van der Waals surface area contributed by atoms with Crippen LogP contribution in [-0.2, 0) is 9.47 Å². The van der Waals surface area contributed by atoms with Crippen LogP contribution in [0.25, 0.3) is 27.5 Å².